The first-order valence-corrected chi connectivity index (χ1v) is 16.4. The Labute approximate surface area is 243 Å². The second-order valence-electron chi connectivity index (χ2n) is 10.8. The first kappa shape index (κ1) is 33.8. The van der Waals surface area contributed by atoms with E-state index < -0.39 is 5.63 Å². The van der Waals surface area contributed by atoms with Gasteiger partial charge in [-0.1, -0.05) is 129 Å². The molecular weight excluding hydrogens is 500 g/mol. The number of fused-ring (bicyclic) bond motifs is 1. The van der Waals surface area contributed by atoms with Crippen molar-refractivity contribution in [1.82, 2.24) is 0 Å². The van der Waals surface area contributed by atoms with Crippen LogP contribution in [0.5, 0.6) is 17.2 Å². The van der Waals surface area contributed by atoms with E-state index in [4.69, 9.17) is 18.6 Å². The third kappa shape index (κ3) is 13.3. The van der Waals surface area contributed by atoms with E-state index in [9.17, 15) is 4.79 Å². The van der Waals surface area contributed by atoms with Crippen LogP contribution in [-0.4, -0.2) is 19.8 Å². The fourth-order valence-electron chi connectivity index (χ4n) is 4.88. The summed E-state index contributed by atoms with van der Waals surface area (Å²) in [5.74, 6) is 1.24. The zero-order valence-electron chi connectivity index (χ0n) is 25.8. The van der Waals surface area contributed by atoms with Crippen molar-refractivity contribution in [3.8, 4) is 17.2 Å². The van der Waals surface area contributed by atoms with Gasteiger partial charge in [0.05, 0.1) is 25.2 Å². The Morgan fingerprint density at radius 3 is 1.75 bits per heavy atom. The van der Waals surface area contributed by atoms with Gasteiger partial charge in [0.1, 0.15) is 0 Å². The number of rotatable bonds is 25. The lowest BCUT2D eigenvalue weighted by Crippen LogP contribution is -2.12. The summed E-state index contributed by atoms with van der Waals surface area (Å²) in [5.41, 5.74) is -0.0720. The Balaban J connectivity index is 2.03. The monoisotopic (exact) mass is 556 g/mol. The topological polar surface area (TPSA) is 57.9 Å². The van der Waals surface area contributed by atoms with Crippen molar-refractivity contribution in [2.45, 2.75) is 136 Å². The van der Waals surface area contributed by atoms with E-state index in [-0.39, 0.29) is 5.75 Å². The van der Waals surface area contributed by atoms with E-state index in [1.807, 2.05) is 18.2 Å². The SMILES string of the molecule is CCC=CCCOc1cccc2c(OCCCCCCCCCC)c(OCCCCCCCCCC)c(=O)oc12. The van der Waals surface area contributed by atoms with Gasteiger partial charge < -0.3 is 18.6 Å². The molecule has 0 radical (unpaired) electrons. The summed E-state index contributed by atoms with van der Waals surface area (Å²) in [6.07, 6.45) is 25.6. The Morgan fingerprint density at radius 2 is 1.18 bits per heavy atom. The number of hydrogen-bond acceptors (Lipinski definition) is 5. The summed E-state index contributed by atoms with van der Waals surface area (Å²) >= 11 is 0. The number of benzene rings is 1. The lowest BCUT2D eigenvalue weighted by molar-refractivity contribution is 0.249. The maximum absolute atomic E-state index is 13.1. The standard InChI is InChI=1S/C35H56O5/c1-4-7-10-13-15-17-19-22-28-38-33-30-25-24-26-31(37-27-21-12-9-6-3)32(30)40-35(36)34(33)39-29-23-20-18-16-14-11-8-5-2/h9,12,24-26H,4-8,10-11,13-23,27-29H2,1-3H3. The van der Waals surface area contributed by atoms with Crippen molar-refractivity contribution in [3.63, 3.8) is 0 Å². The molecule has 1 aromatic heterocycles. The molecule has 226 valence electrons. The average Bonchev–Trinajstić information content (AvgIpc) is 2.96. The minimum atomic E-state index is -0.500. The van der Waals surface area contributed by atoms with Crippen LogP contribution in [-0.2, 0) is 0 Å². The van der Waals surface area contributed by atoms with Crippen LogP contribution in [0.3, 0.4) is 0 Å². The quantitative estimate of drug-likeness (QED) is 0.0691. The van der Waals surface area contributed by atoms with Gasteiger partial charge in [-0.05, 0) is 37.8 Å². The fraction of sp³-hybridized carbons (Fsp3) is 0.686. The van der Waals surface area contributed by atoms with Crippen LogP contribution in [0.25, 0.3) is 11.0 Å². The van der Waals surface area contributed by atoms with Crippen molar-refractivity contribution in [1.29, 1.82) is 0 Å². The second kappa shape index (κ2) is 22.3. The molecule has 0 aliphatic carbocycles. The molecule has 0 aliphatic rings. The molecule has 2 aromatic rings. The van der Waals surface area contributed by atoms with Crippen molar-refractivity contribution >= 4 is 11.0 Å². The third-order valence-corrected chi connectivity index (χ3v) is 7.24. The second-order valence-corrected chi connectivity index (χ2v) is 10.8. The van der Waals surface area contributed by atoms with Gasteiger partial charge in [-0.3, -0.25) is 0 Å². The molecule has 0 spiro atoms. The molecule has 0 fully saturated rings. The van der Waals surface area contributed by atoms with Gasteiger partial charge in [-0.25, -0.2) is 4.79 Å². The van der Waals surface area contributed by atoms with Crippen LogP contribution in [0, 0.1) is 0 Å². The van der Waals surface area contributed by atoms with Gasteiger partial charge in [-0.15, -0.1) is 0 Å². The summed E-state index contributed by atoms with van der Waals surface area (Å²) in [4.78, 5) is 13.1. The van der Waals surface area contributed by atoms with Crippen molar-refractivity contribution < 1.29 is 18.6 Å². The number of allylic oxidation sites excluding steroid dienone is 1. The van der Waals surface area contributed by atoms with Crippen LogP contribution in [0.2, 0.25) is 0 Å². The Morgan fingerprint density at radius 1 is 0.625 bits per heavy atom. The molecule has 0 aliphatic heterocycles. The third-order valence-electron chi connectivity index (χ3n) is 7.24. The van der Waals surface area contributed by atoms with E-state index in [0.29, 0.717) is 36.9 Å². The maximum atomic E-state index is 13.1. The molecule has 40 heavy (non-hydrogen) atoms. The van der Waals surface area contributed by atoms with Crippen molar-refractivity contribution in [2.24, 2.45) is 0 Å². The maximum Gasteiger partial charge on any atom is 0.383 e. The van der Waals surface area contributed by atoms with Gasteiger partial charge in [0.2, 0.25) is 5.75 Å². The lowest BCUT2D eigenvalue weighted by Gasteiger charge is -2.15. The number of ether oxygens (including phenoxy) is 3. The van der Waals surface area contributed by atoms with E-state index in [1.54, 1.807) is 0 Å². The Bertz CT molecular complexity index is 993. The molecule has 0 amide bonds. The van der Waals surface area contributed by atoms with E-state index >= 15 is 0 Å². The molecule has 0 N–H and O–H groups in total. The van der Waals surface area contributed by atoms with Crippen molar-refractivity contribution in [3.05, 3.63) is 40.8 Å². The summed E-state index contributed by atoms with van der Waals surface area (Å²) in [7, 11) is 0. The van der Waals surface area contributed by atoms with Crippen LogP contribution < -0.4 is 19.8 Å². The summed E-state index contributed by atoms with van der Waals surface area (Å²) < 4.78 is 24.1. The molecule has 0 atom stereocenters. The molecule has 0 saturated carbocycles. The van der Waals surface area contributed by atoms with Gasteiger partial charge in [0.15, 0.2) is 17.1 Å². The molecule has 1 aromatic carbocycles. The summed E-state index contributed by atoms with van der Waals surface area (Å²) in [5, 5.41) is 0.728. The summed E-state index contributed by atoms with van der Waals surface area (Å²) in [6, 6.07) is 5.69. The molecule has 0 unspecified atom stereocenters. The minimum Gasteiger partial charge on any atom is -0.489 e. The highest BCUT2D eigenvalue weighted by Gasteiger charge is 2.20. The Kier molecular flexibility index (Phi) is 18.8. The van der Waals surface area contributed by atoms with Crippen LogP contribution in [0.15, 0.2) is 39.6 Å². The van der Waals surface area contributed by atoms with Gasteiger partial charge in [0.25, 0.3) is 0 Å². The minimum absolute atomic E-state index is 0.193. The average molecular weight is 557 g/mol. The molecule has 0 bridgehead atoms. The van der Waals surface area contributed by atoms with Gasteiger partial charge in [-0.2, -0.15) is 0 Å². The normalized spacial score (nSPS) is 11.5. The smallest absolute Gasteiger partial charge is 0.383 e. The van der Waals surface area contributed by atoms with Gasteiger partial charge >= 0.3 is 5.63 Å². The highest BCUT2D eigenvalue weighted by atomic mass is 16.5. The molecule has 2 rings (SSSR count). The molecular formula is C35H56O5. The fourth-order valence-corrected chi connectivity index (χ4v) is 4.88. The predicted octanol–water partition coefficient (Wildman–Crippen LogP) is 10.6. The van der Waals surface area contributed by atoms with Crippen LogP contribution in [0.4, 0.5) is 0 Å². The molecule has 5 heteroatoms. The van der Waals surface area contributed by atoms with Gasteiger partial charge in [0, 0.05) is 0 Å². The largest absolute Gasteiger partial charge is 0.489 e. The van der Waals surface area contributed by atoms with E-state index in [1.165, 1.54) is 77.0 Å². The zero-order chi connectivity index (χ0) is 28.7. The highest BCUT2D eigenvalue weighted by molar-refractivity contribution is 5.89. The Hall–Kier alpha value is -2.43. The first-order valence-electron chi connectivity index (χ1n) is 16.4. The highest BCUT2D eigenvalue weighted by Crippen LogP contribution is 2.37. The molecule has 0 saturated heterocycles. The zero-order valence-corrected chi connectivity index (χ0v) is 25.8. The lowest BCUT2D eigenvalue weighted by atomic mass is 10.1. The molecule has 1 heterocycles. The van der Waals surface area contributed by atoms with E-state index in [0.717, 1.165) is 43.9 Å². The van der Waals surface area contributed by atoms with Crippen LogP contribution >= 0.6 is 0 Å². The predicted molar refractivity (Wildman–Crippen MR) is 168 cm³/mol. The molecule has 5 nitrogen and oxygen atoms in total. The summed E-state index contributed by atoms with van der Waals surface area (Å²) in [6.45, 7) is 8.16. The van der Waals surface area contributed by atoms with Crippen molar-refractivity contribution in [2.75, 3.05) is 19.8 Å². The first-order chi connectivity index (χ1) is 19.7. The number of hydrogen-bond donors (Lipinski definition) is 0. The van der Waals surface area contributed by atoms with E-state index in [2.05, 4.69) is 32.9 Å². The number of para-hydroxylation sites is 1. The van der Waals surface area contributed by atoms with Crippen LogP contribution in [0.1, 0.15) is 136 Å². The number of unbranched alkanes of at least 4 members (excludes halogenated alkanes) is 14.